The van der Waals surface area contributed by atoms with Gasteiger partial charge in [-0.3, -0.25) is 4.57 Å². The van der Waals surface area contributed by atoms with Crippen LogP contribution in [0.25, 0.3) is 11.0 Å². The van der Waals surface area contributed by atoms with Gasteiger partial charge in [-0.2, -0.15) is 0 Å². The molecular formula is C22H21N3O3. The average Bonchev–Trinajstić information content (AvgIpc) is 3.08. The number of anilines is 1. The van der Waals surface area contributed by atoms with Gasteiger partial charge in [0.25, 0.3) is 0 Å². The van der Waals surface area contributed by atoms with Gasteiger partial charge < -0.3 is 14.8 Å². The van der Waals surface area contributed by atoms with Crippen LogP contribution < -0.4 is 10.1 Å². The Morgan fingerprint density at radius 2 is 2.00 bits per heavy atom. The Morgan fingerprint density at radius 3 is 2.79 bits per heavy atom. The summed E-state index contributed by atoms with van der Waals surface area (Å²) in [7, 11) is 1.62. The lowest BCUT2D eigenvalue weighted by molar-refractivity contribution is -0.138. The summed E-state index contributed by atoms with van der Waals surface area (Å²) in [5.41, 5.74) is 3.84. The number of imidazole rings is 1. The Balaban J connectivity index is 1.98. The van der Waals surface area contributed by atoms with Gasteiger partial charge in [-0.25, -0.2) is 9.78 Å². The largest absolute Gasteiger partial charge is 0.496 e. The van der Waals surface area contributed by atoms with Crippen molar-refractivity contribution in [3.63, 3.8) is 0 Å². The lowest BCUT2D eigenvalue weighted by Gasteiger charge is -2.30. The summed E-state index contributed by atoms with van der Waals surface area (Å²) in [5.74, 6) is 0.971. The minimum atomic E-state index is -0.433. The van der Waals surface area contributed by atoms with Crippen molar-refractivity contribution in [1.82, 2.24) is 9.55 Å². The number of esters is 1. The molecule has 142 valence electrons. The van der Waals surface area contributed by atoms with E-state index in [-0.39, 0.29) is 6.61 Å². The molecule has 0 amide bonds. The van der Waals surface area contributed by atoms with Gasteiger partial charge in [0.2, 0.25) is 5.95 Å². The molecule has 4 rings (SSSR count). The van der Waals surface area contributed by atoms with Crippen LogP contribution in [0.5, 0.6) is 5.75 Å². The van der Waals surface area contributed by atoms with Crippen LogP contribution in [0.15, 0.2) is 72.5 Å². The van der Waals surface area contributed by atoms with Gasteiger partial charge in [0, 0.05) is 11.3 Å². The number of hydrogen-bond donors (Lipinski definition) is 1. The number of nitrogens with one attached hydrogen (secondary N) is 1. The number of nitrogens with zero attached hydrogens (tertiary/aromatic N) is 2. The quantitative estimate of drug-likeness (QED) is 0.538. The average molecular weight is 375 g/mol. The number of aromatic nitrogens is 2. The maximum absolute atomic E-state index is 13.0. The van der Waals surface area contributed by atoms with Crippen molar-refractivity contribution in [2.75, 3.05) is 19.0 Å². The van der Waals surface area contributed by atoms with Crippen molar-refractivity contribution >= 4 is 23.0 Å². The van der Waals surface area contributed by atoms with Crippen LogP contribution in [0.4, 0.5) is 5.95 Å². The van der Waals surface area contributed by atoms with Gasteiger partial charge in [-0.15, -0.1) is 0 Å². The lowest BCUT2D eigenvalue weighted by atomic mass is 9.94. The Hall–Kier alpha value is -3.54. The smallest absolute Gasteiger partial charge is 0.338 e. The second-order valence-electron chi connectivity index (χ2n) is 6.49. The Bertz CT molecular complexity index is 1100. The summed E-state index contributed by atoms with van der Waals surface area (Å²) in [6, 6.07) is 15.1. The predicted molar refractivity (Wildman–Crippen MR) is 108 cm³/mol. The van der Waals surface area contributed by atoms with Gasteiger partial charge in [-0.1, -0.05) is 43.0 Å². The molecular weight excluding hydrogens is 354 g/mol. The van der Waals surface area contributed by atoms with Gasteiger partial charge >= 0.3 is 5.97 Å². The first-order valence-electron chi connectivity index (χ1n) is 9.01. The Morgan fingerprint density at radius 1 is 1.25 bits per heavy atom. The first-order chi connectivity index (χ1) is 13.7. The second-order valence-corrected chi connectivity index (χ2v) is 6.49. The Labute approximate surface area is 163 Å². The maximum atomic E-state index is 13.0. The number of para-hydroxylation sites is 3. The van der Waals surface area contributed by atoms with E-state index in [1.165, 1.54) is 0 Å². The first-order valence-corrected chi connectivity index (χ1v) is 9.01. The maximum Gasteiger partial charge on any atom is 0.338 e. The highest BCUT2D eigenvalue weighted by molar-refractivity contribution is 5.94. The zero-order valence-electron chi connectivity index (χ0n) is 15.8. The predicted octanol–water partition coefficient (Wildman–Crippen LogP) is 4.06. The molecule has 0 saturated carbocycles. The zero-order valence-corrected chi connectivity index (χ0v) is 15.8. The number of fused-ring (bicyclic) bond motifs is 3. The third-order valence-corrected chi connectivity index (χ3v) is 4.82. The molecule has 2 aromatic carbocycles. The molecule has 1 N–H and O–H groups in total. The minimum absolute atomic E-state index is 0.145. The summed E-state index contributed by atoms with van der Waals surface area (Å²) in [6.07, 6.45) is 1.56. The molecule has 6 nitrogen and oxygen atoms in total. The summed E-state index contributed by atoms with van der Waals surface area (Å²) >= 11 is 0. The van der Waals surface area contributed by atoms with Crippen molar-refractivity contribution in [1.29, 1.82) is 0 Å². The SMILES string of the molecule is C=CCOC(=O)C1=C(C)Nc2nc3ccccc3n2[C@H]1c1ccccc1OC. The van der Waals surface area contributed by atoms with E-state index in [9.17, 15) is 4.79 Å². The van der Waals surface area contributed by atoms with Crippen LogP contribution in [-0.2, 0) is 9.53 Å². The van der Waals surface area contributed by atoms with Crippen molar-refractivity contribution in [2.45, 2.75) is 13.0 Å². The Kier molecular flexibility index (Phi) is 4.61. The molecule has 28 heavy (non-hydrogen) atoms. The number of carbonyl (C=O) groups excluding carboxylic acids is 1. The molecule has 1 aliphatic rings. The summed E-state index contributed by atoms with van der Waals surface area (Å²) in [4.78, 5) is 17.7. The molecule has 0 spiro atoms. The summed E-state index contributed by atoms with van der Waals surface area (Å²) < 4.78 is 13.0. The standard InChI is InChI=1S/C22H21N3O3/c1-4-13-28-21(26)19-14(2)23-22-24-16-10-6-7-11-17(16)25(22)20(19)15-9-5-8-12-18(15)27-3/h4-12,20H,1,13H2,2-3H3,(H,23,24)/t20-/m0/s1. The van der Waals surface area contributed by atoms with E-state index in [0.717, 1.165) is 16.6 Å². The van der Waals surface area contributed by atoms with E-state index < -0.39 is 12.0 Å². The molecule has 1 aromatic heterocycles. The first kappa shape index (κ1) is 17.9. The molecule has 0 unspecified atom stereocenters. The highest BCUT2D eigenvalue weighted by Crippen LogP contribution is 2.42. The topological polar surface area (TPSA) is 65.4 Å². The van der Waals surface area contributed by atoms with Gasteiger partial charge in [0.05, 0.1) is 29.8 Å². The molecule has 0 saturated heterocycles. The van der Waals surface area contributed by atoms with Gasteiger partial charge in [0.15, 0.2) is 0 Å². The fourth-order valence-corrected chi connectivity index (χ4v) is 3.63. The van der Waals surface area contributed by atoms with Crippen LogP contribution in [-0.4, -0.2) is 29.2 Å². The molecule has 0 bridgehead atoms. The highest BCUT2D eigenvalue weighted by Gasteiger charge is 2.36. The van der Waals surface area contributed by atoms with Crippen molar-refractivity contribution in [3.8, 4) is 5.75 Å². The fourth-order valence-electron chi connectivity index (χ4n) is 3.63. The van der Waals surface area contributed by atoms with E-state index in [4.69, 9.17) is 14.5 Å². The lowest BCUT2D eigenvalue weighted by Crippen LogP contribution is -2.29. The van der Waals surface area contributed by atoms with Crippen LogP contribution in [0.3, 0.4) is 0 Å². The number of rotatable bonds is 5. The molecule has 0 radical (unpaired) electrons. The number of hydrogen-bond acceptors (Lipinski definition) is 5. The summed E-state index contributed by atoms with van der Waals surface area (Å²) in [5, 5.41) is 3.26. The molecule has 0 aliphatic carbocycles. The van der Waals surface area contributed by atoms with Crippen molar-refractivity contribution in [3.05, 3.63) is 78.0 Å². The molecule has 3 aromatic rings. The number of carbonyl (C=O) groups is 1. The number of ether oxygens (including phenoxy) is 2. The molecule has 0 fully saturated rings. The molecule has 1 aliphatic heterocycles. The van der Waals surface area contributed by atoms with E-state index in [0.29, 0.717) is 23.0 Å². The van der Waals surface area contributed by atoms with Crippen LogP contribution >= 0.6 is 0 Å². The zero-order chi connectivity index (χ0) is 19.7. The van der Waals surface area contributed by atoms with Gasteiger partial charge in [-0.05, 0) is 25.1 Å². The third kappa shape index (κ3) is 2.83. The molecule has 6 heteroatoms. The fraction of sp³-hybridized carbons (Fsp3) is 0.182. The van der Waals surface area contributed by atoms with Gasteiger partial charge in [0.1, 0.15) is 12.4 Å². The second kappa shape index (κ2) is 7.23. The normalized spacial score (nSPS) is 15.7. The van der Waals surface area contributed by atoms with Crippen LogP contribution in [0.2, 0.25) is 0 Å². The van der Waals surface area contributed by atoms with E-state index in [2.05, 4.69) is 11.9 Å². The minimum Gasteiger partial charge on any atom is -0.496 e. The van der Waals surface area contributed by atoms with E-state index in [1.54, 1.807) is 13.2 Å². The van der Waals surface area contributed by atoms with Crippen LogP contribution in [0.1, 0.15) is 18.5 Å². The third-order valence-electron chi connectivity index (χ3n) is 4.82. The van der Waals surface area contributed by atoms with Crippen LogP contribution in [0, 0.1) is 0 Å². The molecule has 2 heterocycles. The number of methoxy groups -OCH3 is 1. The molecule has 1 atom stereocenters. The highest BCUT2D eigenvalue weighted by atomic mass is 16.5. The van der Waals surface area contributed by atoms with E-state index >= 15 is 0 Å². The monoisotopic (exact) mass is 375 g/mol. The van der Waals surface area contributed by atoms with E-state index in [1.807, 2.05) is 60.0 Å². The number of benzene rings is 2. The van der Waals surface area contributed by atoms with Crippen molar-refractivity contribution in [2.24, 2.45) is 0 Å². The number of allylic oxidation sites excluding steroid dienone is 1. The summed E-state index contributed by atoms with van der Waals surface area (Å²) in [6.45, 7) is 5.63. The van der Waals surface area contributed by atoms with Crippen molar-refractivity contribution < 1.29 is 14.3 Å².